The number of piperidine rings is 1. The maximum Gasteiger partial charge on any atom is 0.337 e. The Morgan fingerprint density at radius 2 is 1.85 bits per heavy atom. The van der Waals surface area contributed by atoms with Crippen LogP contribution in [-0.2, 0) is 16.1 Å². The first-order valence-electron chi connectivity index (χ1n) is 7.29. The Morgan fingerprint density at radius 1 is 1.20 bits per heavy atom. The molecule has 0 aliphatic carbocycles. The maximum atomic E-state index is 11.3. The second-order valence-corrected chi connectivity index (χ2v) is 5.73. The van der Waals surface area contributed by atoms with Crippen LogP contribution in [0.1, 0.15) is 41.6 Å². The molecule has 2 aliphatic rings. The Morgan fingerprint density at radius 3 is 2.45 bits per heavy atom. The first kappa shape index (κ1) is 13.6. The summed E-state index contributed by atoms with van der Waals surface area (Å²) < 4.78 is 10.7. The fraction of sp³-hybridized carbons (Fsp3) is 0.562. The van der Waals surface area contributed by atoms with Crippen molar-refractivity contribution in [2.45, 2.75) is 50.5 Å². The van der Waals surface area contributed by atoms with E-state index < -0.39 is 0 Å². The van der Waals surface area contributed by atoms with Gasteiger partial charge in [0, 0.05) is 12.1 Å². The average Bonchev–Trinajstić information content (AvgIpc) is 2.83. The third kappa shape index (κ3) is 3.02. The van der Waals surface area contributed by atoms with Gasteiger partial charge < -0.3 is 14.8 Å². The first-order valence-corrected chi connectivity index (χ1v) is 7.29. The minimum Gasteiger partial charge on any atom is -0.465 e. The summed E-state index contributed by atoms with van der Waals surface area (Å²) in [5.74, 6) is -0.299. The summed E-state index contributed by atoms with van der Waals surface area (Å²) in [5.41, 5.74) is 1.68. The molecule has 0 spiro atoms. The average molecular weight is 275 g/mol. The zero-order chi connectivity index (χ0) is 13.9. The Hall–Kier alpha value is -1.39. The number of hydrogen-bond acceptors (Lipinski definition) is 4. The normalized spacial score (nSPS) is 28.4. The quantitative estimate of drug-likeness (QED) is 0.856. The molecule has 3 rings (SSSR count). The molecule has 1 aromatic rings. The summed E-state index contributed by atoms with van der Waals surface area (Å²) in [5, 5.41) is 3.61. The van der Waals surface area contributed by atoms with Gasteiger partial charge in [-0.05, 0) is 43.4 Å². The molecular formula is C16H21NO3. The largest absolute Gasteiger partial charge is 0.465 e. The highest BCUT2D eigenvalue weighted by Crippen LogP contribution is 2.28. The SMILES string of the molecule is COC(=O)c1ccc(COC2CC3CCC(C2)N3)cc1. The van der Waals surface area contributed by atoms with Crippen molar-refractivity contribution in [3.8, 4) is 0 Å². The molecule has 1 N–H and O–H groups in total. The zero-order valence-corrected chi connectivity index (χ0v) is 11.8. The van der Waals surface area contributed by atoms with Gasteiger partial charge in [-0.1, -0.05) is 12.1 Å². The van der Waals surface area contributed by atoms with E-state index in [1.807, 2.05) is 12.1 Å². The van der Waals surface area contributed by atoms with Crippen LogP contribution in [0.2, 0.25) is 0 Å². The number of carbonyl (C=O) groups is 1. The highest BCUT2D eigenvalue weighted by atomic mass is 16.5. The fourth-order valence-corrected chi connectivity index (χ4v) is 3.21. The molecule has 4 heteroatoms. The summed E-state index contributed by atoms with van der Waals surface area (Å²) in [6, 6.07) is 8.75. The Bertz CT molecular complexity index is 459. The number of rotatable bonds is 4. The van der Waals surface area contributed by atoms with Gasteiger partial charge >= 0.3 is 5.97 Å². The van der Waals surface area contributed by atoms with E-state index in [2.05, 4.69) is 10.1 Å². The molecular weight excluding hydrogens is 254 g/mol. The minimum absolute atomic E-state index is 0.299. The van der Waals surface area contributed by atoms with Gasteiger partial charge in [-0.3, -0.25) is 0 Å². The van der Waals surface area contributed by atoms with Gasteiger partial charge in [0.15, 0.2) is 0 Å². The van der Waals surface area contributed by atoms with Gasteiger partial charge in [0.05, 0.1) is 25.4 Å². The summed E-state index contributed by atoms with van der Waals surface area (Å²) in [6.07, 6.45) is 5.19. The number of hydrogen-bond donors (Lipinski definition) is 1. The number of ether oxygens (including phenoxy) is 2. The van der Waals surface area contributed by atoms with Gasteiger partial charge in [-0.2, -0.15) is 0 Å². The van der Waals surface area contributed by atoms with E-state index >= 15 is 0 Å². The molecule has 4 nitrogen and oxygen atoms in total. The molecule has 2 bridgehead atoms. The van der Waals surface area contributed by atoms with Crippen molar-refractivity contribution in [2.75, 3.05) is 7.11 Å². The van der Waals surface area contributed by atoms with Crippen LogP contribution < -0.4 is 5.32 Å². The van der Waals surface area contributed by atoms with Crippen LogP contribution in [0.5, 0.6) is 0 Å². The Labute approximate surface area is 119 Å². The predicted molar refractivity (Wildman–Crippen MR) is 75.5 cm³/mol. The maximum absolute atomic E-state index is 11.3. The third-order valence-electron chi connectivity index (χ3n) is 4.29. The molecule has 1 aromatic carbocycles. The second kappa shape index (κ2) is 5.94. The first-order chi connectivity index (χ1) is 9.74. The number of carbonyl (C=O) groups excluding carboxylic acids is 1. The highest BCUT2D eigenvalue weighted by molar-refractivity contribution is 5.89. The minimum atomic E-state index is -0.299. The lowest BCUT2D eigenvalue weighted by Crippen LogP contribution is -2.41. The third-order valence-corrected chi connectivity index (χ3v) is 4.29. The standard InChI is InChI=1S/C16H21NO3/c1-19-16(18)12-4-2-11(3-5-12)10-20-15-8-13-6-7-14(9-15)17-13/h2-5,13-15,17H,6-10H2,1H3. The summed E-state index contributed by atoms with van der Waals surface area (Å²) in [4.78, 5) is 11.3. The van der Waals surface area contributed by atoms with Crippen molar-refractivity contribution in [3.63, 3.8) is 0 Å². The van der Waals surface area contributed by atoms with E-state index in [0.29, 0.717) is 30.4 Å². The van der Waals surface area contributed by atoms with E-state index in [4.69, 9.17) is 4.74 Å². The Balaban J connectivity index is 1.52. The monoisotopic (exact) mass is 275 g/mol. The molecule has 2 unspecified atom stereocenters. The van der Waals surface area contributed by atoms with Crippen LogP contribution in [0, 0.1) is 0 Å². The van der Waals surface area contributed by atoms with Crippen molar-refractivity contribution in [1.82, 2.24) is 5.32 Å². The lowest BCUT2D eigenvalue weighted by Gasteiger charge is -2.29. The molecule has 2 aliphatic heterocycles. The molecule has 0 amide bonds. The molecule has 20 heavy (non-hydrogen) atoms. The van der Waals surface area contributed by atoms with Crippen LogP contribution in [0.15, 0.2) is 24.3 Å². The van der Waals surface area contributed by atoms with Crippen molar-refractivity contribution in [2.24, 2.45) is 0 Å². The van der Waals surface area contributed by atoms with E-state index in [1.54, 1.807) is 12.1 Å². The van der Waals surface area contributed by atoms with Crippen LogP contribution >= 0.6 is 0 Å². The van der Waals surface area contributed by atoms with Crippen LogP contribution in [0.25, 0.3) is 0 Å². The van der Waals surface area contributed by atoms with Crippen LogP contribution in [0.3, 0.4) is 0 Å². The number of esters is 1. The molecule has 2 fully saturated rings. The van der Waals surface area contributed by atoms with Crippen molar-refractivity contribution in [1.29, 1.82) is 0 Å². The van der Waals surface area contributed by atoms with Crippen LogP contribution in [-0.4, -0.2) is 31.3 Å². The summed E-state index contributed by atoms with van der Waals surface area (Å²) >= 11 is 0. The molecule has 0 aromatic heterocycles. The lowest BCUT2D eigenvalue weighted by molar-refractivity contribution is 0.00915. The van der Waals surface area contributed by atoms with Crippen molar-refractivity contribution >= 4 is 5.97 Å². The van der Waals surface area contributed by atoms with Crippen LogP contribution in [0.4, 0.5) is 0 Å². The number of fused-ring (bicyclic) bond motifs is 2. The predicted octanol–water partition coefficient (Wildman–Crippen LogP) is 2.27. The molecule has 2 heterocycles. The smallest absolute Gasteiger partial charge is 0.337 e. The fourth-order valence-electron chi connectivity index (χ4n) is 3.21. The van der Waals surface area contributed by atoms with Gasteiger partial charge in [-0.25, -0.2) is 4.79 Å². The Kier molecular flexibility index (Phi) is 4.03. The van der Waals surface area contributed by atoms with Crippen molar-refractivity contribution < 1.29 is 14.3 Å². The topological polar surface area (TPSA) is 47.6 Å². The van der Waals surface area contributed by atoms with Gasteiger partial charge in [0.1, 0.15) is 0 Å². The van der Waals surface area contributed by atoms with E-state index in [0.717, 1.165) is 18.4 Å². The molecule has 2 saturated heterocycles. The lowest BCUT2D eigenvalue weighted by atomic mass is 10.0. The molecule has 0 radical (unpaired) electrons. The number of benzene rings is 1. The highest BCUT2D eigenvalue weighted by Gasteiger charge is 2.33. The van der Waals surface area contributed by atoms with E-state index in [1.165, 1.54) is 20.0 Å². The second-order valence-electron chi connectivity index (χ2n) is 5.73. The van der Waals surface area contributed by atoms with E-state index in [9.17, 15) is 4.79 Å². The number of nitrogens with one attached hydrogen (secondary N) is 1. The zero-order valence-electron chi connectivity index (χ0n) is 11.8. The van der Waals surface area contributed by atoms with Gasteiger partial charge in [-0.15, -0.1) is 0 Å². The summed E-state index contributed by atoms with van der Waals surface area (Å²) in [6.45, 7) is 0.617. The molecule has 2 atom stereocenters. The van der Waals surface area contributed by atoms with E-state index in [-0.39, 0.29) is 5.97 Å². The van der Waals surface area contributed by atoms with Crippen molar-refractivity contribution in [3.05, 3.63) is 35.4 Å². The molecule has 108 valence electrons. The number of methoxy groups -OCH3 is 1. The summed E-state index contributed by atoms with van der Waals surface area (Å²) in [7, 11) is 1.39. The van der Waals surface area contributed by atoms with Gasteiger partial charge in [0.2, 0.25) is 0 Å². The molecule has 0 saturated carbocycles. The van der Waals surface area contributed by atoms with Gasteiger partial charge in [0.25, 0.3) is 0 Å².